The zero-order valence-corrected chi connectivity index (χ0v) is 14.0. The van der Waals surface area contributed by atoms with Crippen molar-refractivity contribution < 1.29 is 13.2 Å². The van der Waals surface area contributed by atoms with Gasteiger partial charge in [0.2, 0.25) is 5.89 Å². The molecule has 0 N–H and O–H groups in total. The molecule has 0 aliphatic carbocycles. The van der Waals surface area contributed by atoms with Crippen molar-refractivity contribution in [2.45, 2.75) is 30.7 Å². The van der Waals surface area contributed by atoms with Gasteiger partial charge in [-0.3, -0.25) is 0 Å². The van der Waals surface area contributed by atoms with Gasteiger partial charge in [0.25, 0.3) is 5.22 Å². The Kier molecular flexibility index (Phi) is 4.72. The van der Waals surface area contributed by atoms with Gasteiger partial charge in [-0.05, 0) is 32.0 Å². The van der Waals surface area contributed by atoms with Gasteiger partial charge in [-0.15, -0.1) is 21.5 Å². The van der Waals surface area contributed by atoms with Crippen LogP contribution >= 0.6 is 23.1 Å². The topological polar surface area (TPSA) is 51.8 Å². The third-order valence-electron chi connectivity index (χ3n) is 3.12. The van der Waals surface area contributed by atoms with E-state index in [1.807, 2.05) is 12.3 Å². The van der Waals surface area contributed by atoms with Gasteiger partial charge in [-0.25, -0.2) is 13.8 Å². The van der Waals surface area contributed by atoms with E-state index >= 15 is 0 Å². The molecule has 0 saturated carbocycles. The summed E-state index contributed by atoms with van der Waals surface area (Å²) >= 11 is 2.75. The van der Waals surface area contributed by atoms with Gasteiger partial charge in [0.1, 0.15) is 11.6 Å². The Labute approximate surface area is 140 Å². The van der Waals surface area contributed by atoms with Crippen molar-refractivity contribution in [3.05, 3.63) is 57.4 Å². The first-order valence-corrected chi connectivity index (χ1v) is 8.62. The Bertz CT molecular complexity index is 819. The van der Waals surface area contributed by atoms with E-state index in [1.54, 1.807) is 18.3 Å². The number of benzene rings is 1. The third kappa shape index (κ3) is 3.94. The minimum absolute atomic E-state index is 0.268. The molecule has 23 heavy (non-hydrogen) atoms. The van der Waals surface area contributed by atoms with Gasteiger partial charge in [0.05, 0.1) is 17.1 Å². The maximum Gasteiger partial charge on any atom is 0.277 e. The van der Waals surface area contributed by atoms with E-state index < -0.39 is 11.6 Å². The minimum Gasteiger partial charge on any atom is -0.416 e. The molecular formula is C15H13F2N3OS2. The molecule has 0 fully saturated rings. The van der Waals surface area contributed by atoms with Crippen LogP contribution in [0.15, 0.2) is 33.2 Å². The lowest BCUT2D eigenvalue weighted by Gasteiger charge is -2.09. The monoisotopic (exact) mass is 353 g/mol. The molecule has 0 spiro atoms. The fraction of sp³-hybridized carbons (Fsp3) is 0.267. The summed E-state index contributed by atoms with van der Waals surface area (Å²) in [7, 11) is 0. The lowest BCUT2D eigenvalue weighted by Crippen LogP contribution is -1.94. The number of aryl methyl sites for hydroxylation is 1. The van der Waals surface area contributed by atoms with Gasteiger partial charge < -0.3 is 4.42 Å². The van der Waals surface area contributed by atoms with Crippen LogP contribution in [0.25, 0.3) is 0 Å². The summed E-state index contributed by atoms with van der Waals surface area (Å²) in [6, 6.07) is 3.39. The predicted octanol–water partition coefficient (Wildman–Crippen LogP) is 4.56. The highest BCUT2D eigenvalue weighted by molar-refractivity contribution is 7.99. The number of rotatable bonds is 5. The molecule has 8 heteroatoms. The summed E-state index contributed by atoms with van der Waals surface area (Å²) in [6.07, 6.45) is 0.459. The highest BCUT2D eigenvalue weighted by atomic mass is 32.2. The van der Waals surface area contributed by atoms with Crippen LogP contribution in [-0.2, 0) is 6.42 Å². The number of hydrogen-bond donors (Lipinski definition) is 0. The standard InChI is InChI=1S/C15H13F2N3OS2/c1-8(12-5-10(16)3-4-13(12)17)23-15-20-19-14(21-15)6-11-7-22-9(2)18-11/h3-5,7-8H,6H2,1-2H3/t8-/m0/s1. The van der Waals surface area contributed by atoms with E-state index in [1.165, 1.54) is 17.8 Å². The lowest BCUT2D eigenvalue weighted by atomic mass is 10.1. The molecule has 0 aliphatic rings. The molecule has 0 amide bonds. The Morgan fingerprint density at radius 3 is 2.87 bits per heavy atom. The van der Waals surface area contributed by atoms with Crippen molar-refractivity contribution in [3.63, 3.8) is 0 Å². The fourth-order valence-electron chi connectivity index (χ4n) is 2.04. The molecule has 3 aromatic rings. The van der Waals surface area contributed by atoms with Crippen molar-refractivity contribution in [2.75, 3.05) is 0 Å². The third-order valence-corrected chi connectivity index (χ3v) is 4.92. The largest absolute Gasteiger partial charge is 0.416 e. The smallest absolute Gasteiger partial charge is 0.277 e. The Hall–Kier alpha value is -1.80. The summed E-state index contributed by atoms with van der Waals surface area (Å²) < 4.78 is 32.6. The maximum atomic E-state index is 13.8. The number of thiazole rings is 1. The zero-order chi connectivity index (χ0) is 16.4. The predicted molar refractivity (Wildman–Crippen MR) is 84.6 cm³/mol. The summed E-state index contributed by atoms with van der Waals surface area (Å²) in [6.45, 7) is 3.69. The van der Waals surface area contributed by atoms with Crippen LogP contribution in [0, 0.1) is 18.6 Å². The number of nitrogens with zero attached hydrogens (tertiary/aromatic N) is 3. The molecular weight excluding hydrogens is 340 g/mol. The zero-order valence-electron chi connectivity index (χ0n) is 12.4. The van der Waals surface area contributed by atoms with Crippen LogP contribution in [0.4, 0.5) is 8.78 Å². The molecule has 2 heterocycles. The van der Waals surface area contributed by atoms with Crippen LogP contribution < -0.4 is 0 Å². The number of hydrogen-bond acceptors (Lipinski definition) is 6. The van der Waals surface area contributed by atoms with E-state index in [-0.39, 0.29) is 10.8 Å². The second-order valence-corrected chi connectivity index (χ2v) is 7.28. The molecule has 0 bridgehead atoms. The second kappa shape index (κ2) is 6.76. The second-order valence-electron chi connectivity index (χ2n) is 4.92. The molecule has 120 valence electrons. The first-order chi connectivity index (χ1) is 11.0. The highest BCUT2D eigenvalue weighted by Crippen LogP contribution is 2.35. The molecule has 4 nitrogen and oxygen atoms in total. The average molecular weight is 353 g/mol. The minimum atomic E-state index is -0.473. The first kappa shape index (κ1) is 16.1. The summed E-state index contributed by atoms with van der Waals surface area (Å²) in [5.74, 6) is -0.479. The van der Waals surface area contributed by atoms with Crippen LogP contribution in [0.2, 0.25) is 0 Å². The molecule has 0 aliphatic heterocycles. The summed E-state index contributed by atoms with van der Waals surface area (Å²) in [5, 5.41) is 10.8. The summed E-state index contributed by atoms with van der Waals surface area (Å²) in [4.78, 5) is 4.34. The van der Waals surface area contributed by atoms with Crippen molar-refractivity contribution in [2.24, 2.45) is 0 Å². The van der Waals surface area contributed by atoms with E-state index in [0.29, 0.717) is 17.5 Å². The average Bonchev–Trinajstić information content (AvgIpc) is 3.11. The summed E-state index contributed by atoms with van der Waals surface area (Å²) in [5.41, 5.74) is 1.14. The van der Waals surface area contributed by atoms with Crippen molar-refractivity contribution in [1.82, 2.24) is 15.2 Å². The Morgan fingerprint density at radius 2 is 2.13 bits per heavy atom. The van der Waals surface area contributed by atoms with Gasteiger partial charge in [-0.1, -0.05) is 11.8 Å². The molecule has 2 aromatic heterocycles. The Balaban J connectivity index is 1.69. The van der Waals surface area contributed by atoms with Crippen LogP contribution in [0.1, 0.15) is 34.3 Å². The number of thioether (sulfide) groups is 1. The van der Waals surface area contributed by atoms with Gasteiger partial charge in [0, 0.05) is 16.2 Å². The highest BCUT2D eigenvalue weighted by Gasteiger charge is 2.17. The quantitative estimate of drug-likeness (QED) is 0.630. The van der Waals surface area contributed by atoms with Crippen molar-refractivity contribution in [1.29, 1.82) is 0 Å². The van der Waals surface area contributed by atoms with Crippen LogP contribution in [-0.4, -0.2) is 15.2 Å². The molecule has 0 saturated heterocycles. The molecule has 1 aromatic carbocycles. The lowest BCUT2D eigenvalue weighted by molar-refractivity contribution is 0.418. The van der Waals surface area contributed by atoms with Gasteiger partial charge >= 0.3 is 0 Å². The molecule has 0 radical (unpaired) electrons. The fourth-order valence-corrected chi connectivity index (χ4v) is 3.50. The maximum absolute atomic E-state index is 13.8. The Morgan fingerprint density at radius 1 is 1.30 bits per heavy atom. The van der Waals surface area contributed by atoms with E-state index in [9.17, 15) is 8.78 Å². The van der Waals surface area contributed by atoms with Crippen molar-refractivity contribution in [3.8, 4) is 0 Å². The number of halogens is 2. The van der Waals surface area contributed by atoms with E-state index in [2.05, 4.69) is 15.2 Å². The van der Waals surface area contributed by atoms with E-state index in [0.717, 1.165) is 22.8 Å². The molecule has 0 unspecified atom stereocenters. The van der Waals surface area contributed by atoms with Crippen LogP contribution in [0.5, 0.6) is 0 Å². The van der Waals surface area contributed by atoms with Crippen LogP contribution in [0.3, 0.4) is 0 Å². The molecule has 3 rings (SSSR count). The van der Waals surface area contributed by atoms with Gasteiger partial charge in [0.15, 0.2) is 0 Å². The molecule has 1 atom stereocenters. The number of aromatic nitrogens is 3. The van der Waals surface area contributed by atoms with E-state index in [4.69, 9.17) is 4.42 Å². The SMILES string of the molecule is Cc1nc(Cc2nnc(S[C@@H](C)c3cc(F)ccc3F)o2)cs1. The first-order valence-electron chi connectivity index (χ1n) is 6.86. The normalized spacial score (nSPS) is 12.5. The van der Waals surface area contributed by atoms with Gasteiger partial charge in [-0.2, -0.15) is 0 Å². The van der Waals surface area contributed by atoms with Crippen molar-refractivity contribution >= 4 is 23.1 Å².